The van der Waals surface area contributed by atoms with Gasteiger partial charge in [0.05, 0.1) is 0 Å². The molecule has 0 aliphatic heterocycles. The van der Waals surface area contributed by atoms with Crippen molar-refractivity contribution in [3.05, 3.63) is 35.9 Å². The van der Waals surface area contributed by atoms with E-state index in [-0.39, 0.29) is 3.43 Å². The van der Waals surface area contributed by atoms with E-state index >= 15 is 0 Å². The third kappa shape index (κ3) is 2.65. The Bertz CT molecular complexity index is 395. The summed E-state index contributed by atoms with van der Waals surface area (Å²) >= 11 is -2.96. The molecule has 114 valence electrons. The molecule has 0 fully saturated rings. The second kappa shape index (κ2) is 6.77. The van der Waals surface area contributed by atoms with Gasteiger partial charge in [-0.3, -0.25) is 0 Å². The normalized spacial score (nSPS) is 15.9. The molecular weight excluding hydrogens is 353 g/mol. The Hall–Kier alpha value is -0.101. The van der Waals surface area contributed by atoms with Crippen LogP contribution in [0, 0.1) is 0 Å². The monoisotopic (exact) mass is 385 g/mol. The van der Waals surface area contributed by atoms with Gasteiger partial charge in [0.2, 0.25) is 0 Å². The zero-order valence-electron chi connectivity index (χ0n) is 14.4. The summed E-state index contributed by atoms with van der Waals surface area (Å²) in [6.45, 7) is 4.79. The summed E-state index contributed by atoms with van der Waals surface area (Å²) in [5.41, 5.74) is 1.47. The van der Waals surface area contributed by atoms with Crippen LogP contribution in [0.4, 0.5) is 0 Å². The Morgan fingerprint density at radius 2 is 1.25 bits per heavy atom. The van der Waals surface area contributed by atoms with Gasteiger partial charge in [-0.2, -0.15) is 0 Å². The fourth-order valence-corrected chi connectivity index (χ4v) is 22.4. The predicted molar refractivity (Wildman–Crippen MR) is 90.9 cm³/mol. The van der Waals surface area contributed by atoms with Crippen molar-refractivity contribution in [1.29, 1.82) is 0 Å². The molecule has 0 saturated heterocycles. The summed E-state index contributed by atoms with van der Waals surface area (Å²) in [5, 5.41) is 0. The summed E-state index contributed by atoms with van der Waals surface area (Å²) in [5.74, 6) is 0. The maximum absolute atomic E-state index is 2.96. The average molecular weight is 384 g/mol. The molecular formula is C16H31N3Sn. The minimum absolute atomic E-state index is 0.201. The second-order valence-electron chi connectivity index (χ2n) is 6.37. The molecule has 0 amide bonds. The van der Waals surface area contributed by atoms with E-state index in [1.54, 1.807) is 0 Å². The van der Waals surface area contributed by atoms with Gasteiger partial charge in [-0.25, -0.2) is 0 Å². The molecule has 0 saturated carbocycles. The van der Waals surface area contributed by atoms with Crippen molar-refractivity contribution in [1.82, 2.24) is 9.36 Å². The van der Waals surface area contributed by atoms with Crippen molar-refractivity contribution >= 4 is 19.2 Å². The van der Waals surface area contributed by atoms with Crippen molar-refractivity contribution in [3.63, 3.8) is 0 Å². The van der Waals surface area contributed by atoms with Crippen LogP contribution in [0.2, 0.25) is 0 Å². The van der Waals surface area contributed by atoms with Gasteiger partial charge < -0.3 is 0 Å². The topological polar surface area (TPSA) is 9.72 Å². The van der Waals surface area contributed by atoms with Crippen LogP contribution in [0.15, 0.2) is 30.3 Å². The second-order valence-corrected chi connectivity index (χ2v) is 20.8. The first-order valence-electron chi connectivity index (χ1n) is 7.33. The van der Waals surface area contributed by atoms with Gasteiger partial charge in [0.1, 0.15) is 0 Å². The Morgan fingerprint density at radius 3 is 1.55 bits per heavy atom. The van der Waals surface area contributed by atoms with Crippen LogP contribution in [-0.4, -0.2) is 70.8 Å². The summed E-state index contributed by atoms with van der Waals surface area (Å²) < 4.78 is 7.80. The van der Waals surface area contributed by atoms with E-state index in [1.807, 2.05) is 0 Å². The Kier molecular flexibility index (Phi) is 6.08. The van der Waals surface area contributed by atoms with Gasteiger partial charge in [-0.05, 0) is 0 Å². The minimum atomic E-state index is -2.96. The van der Waals surface area contributed by atoms with Crippen LogP contribution < -0.4 is 0 Å². The van der Waals surface area contributed by atoms with Gasteiger partial charge in [-0.1, -0.05) is 0 Å². The molecule has 1 unspecified atom stereocenters. The van der Waals surface area contributed by atoms with E-state index in [2.05, 4.69) is 95.8 Å². The predicted octanol–water partition coefficient (Wildman–Crippen LogP) is 2.52. The summed E-state index contributed by atoms with van der Waals surface area (Å²) in [4.78, 5) is 0. The number of nitrogens with zero attached hydrogens (tertiary/aromatic N) is 3. The van der Waals surface area contributed by atoms with Crippen LogP contribution >= 0.6 is 0 Å². The van der Waals surface area contributed by atoms with Gasteiger partial charge in [0.25, 0.3) is 0 Å². The first-order valence-corrected chi connectivity index (χ1v) is 12.6. The Labute approximate surface area is 130 Å². The quantitative estimate of drug-likeness (QED) is 0.699. The molecule has 0 spiro atoms. The van der Waals surface area contributed by atoms with Gasteiger partial charge in [0, 0.05) is 0 Å². The summed E-state index contributed by atoms with van der Waals surface area (Å²) in [6.07, 6.45) is 1.15. The van der Waals surface area contributed by atoms with E-state index < -0.39 is 19.2 Å². The molecule has 3 nitrogen and oxygen atoms in total. The van der Waals surface area contributed by atoms with Gasteiger partial charge in [-0.15, -0.1) is 0 Å². The van der Waals surface area contributed by atoms with Gasteiger partial charge >= 0.3 is 130 Å². The number of benzene rings is 1. The van der Waals surface area contributed by atoms with Crippen LogP contribution in [0.3, 0.4) is 0 Å². The van der Waals surface area contributed by atoms with Crippen LogP contribution in [0.25, 0.3) is 0 Å². The van der Waals surface area contributed by atoms with Gasteiger partial charge in [0.15, 0.2) is 0 Å². The van der Waals surface area contributed by atoms with Crippen LogP contribution in [0.1, 0.15) is 25.8 Å². The fourth-order valence-electron chi connectivity index (χ4n) is 4.12. The van der Waals surface area contributed by atoms with Crippen molar-refractivity contribution in [2.45, 2.75) is 23.7 Å². The average Bonchev–Trinajstić information content (AvgIpc) is 2.38. The Balaban J connectivity index is 3.58. The van der Waals surface area contributed by atoms with Crippen molar-refractivity contribution < 1.29 is 0 Å². The number of rotatable bonds is 6. The molecule has 0 radical (unpaired) electrons. The molecule has 0 bridgehead atoms. The molecule has 1 rings (SSSR count). The molecule has 0 aromatic heterocycles. The zero-order chi connectivity index (χ0) is 15.6. The van der Waals surface area contributed by atoms with E-state index in [9.17, 15) is 0 Å². The third-order valence-corrected chi connectivity index (χ3v) is 21.5. The SMILES string of the molecule is CC[C](C)(c1ccccc1)[Sn]([N](C)C)([N](C)C)[N](C)C. The zero-order valence-corrected chi connectivity index (χ0v) is 17.3. The molecule has 0 N–H and O–H groups in total. The van der Waals surface area contributed by atoms with E-state index in [1.165, 1.54) is 5.56 Å². The van der Waals surface area contributed by atoms with E-state index in [4.69, 9.17) is 0 Å². The molecule has 0 aliphatic rings. The van der Waals surface area contributed by atoms with E-state index in [0.29, 0.717) is 0 Å². The standard InChI is InChI=1S/C10H13.3C2H6N.Sn/c1-3-9(2)10-7-5-4-6-8-10;3*1-3-2;/h4-8H,3H2,1-2H3;3*1-2H3;/q;3*-1;+3. The molecule has 4 heteroatoms. The number of hydrogen-bond donors (Lipinski definition) is 0. The molecule has 1 atom stereocenters. The van der Waals surface area contributed by atoms with Crippen LogP contribution in [-0.2, 0) is 3.43 Å². The number of hydrogen-bond acceptors (Lipinski definition) is 3. The summed E-state index contributed by atoms with van der Waals surface area (Å²) in [6, 6.07) is 11.0. The molecule has 20 heavy (non-hydrogen) atoms. The molecule has 0 aliphatic carbocycles. The Morgan fingerprint density at radius 1 is 0.850 bits per heavy atom. The van der Waals surface area contributed by atoms with E-state index in [0.717, 1.165) is 6.42 Å². The first kappa shape index (κ1) is 17.9. The van der Waals surface area contributed by atoms with Crippen molar-refractivity contribution in [2.24, 2.45) is 0 Å². The van der Waals surface area contributed by atoms with Crippen molar-refractivity contribution in [3.8, 4) is 0 Å². The summed E-state index contributed by atoms with van der Waals surface area (Å²) in [7, 11) is 13.5. The third-order valence-electron chi connectivity index (χ3n) is 4.73. The maximum atomic E-state index is 2.53. The molecule has 1 aromatic carbocycles. The first-order chi connectivity index (χ1) is 9.25. The van der Waals surface area contributed by atoms with Crippen LogP contribution in [0.5, 0.6) is 0 Å². The van der Waals surface area contributed by atoms with Crippen molar-refractivity contribution in [2.75, 3.05) is 42.3 Å². The molecule has 0 heterocycles. The fraction of sp³-hybridized carbons (Fsp3) is 0.625. The molecule has 1 aromatic rings.